The molecule has 0 saturated carbocycles. The molecular formula is C16H18F2N2. The van der Waals surface area contributed by atoms with Crippen molar-refractivity contribution in [2.24, 2.45) is 5.73 Å². The number of halogens is 2. The van der Waals surface area contributed by atoms with Crippen LogP contribution in [0.4, 0.5) is 20.2 Å². The fourth-order valence-electron chi connectivity index (χ4n) is 2.25. The van der Waals surface area contributed by atoms with Gasteiger partial charge in [-0.2, -0.15) is 0 Å². The maximum absolute atomic E-state index is 13.4. The molecule has 0 radical (unpaired) electrons. The van der Waals surface area contributed by atoms with Crippen LogP contribution in [0.25, 0.3) is 0 Å². The second-order valence-electron chi connectivity index (χ2n) is 4.71. The van der Waals surface area contributed by atoms with E-state index in [0.717, 1.165) is 16.9 Å². The van der Waals surface area contributed by atoms with Gasteiger partial charge in [0.1, 0.15) is 11.6 Å². The van der Waals surface area contributed by atoms with Gasteiger partial charge in [-0.05, 0) is 61.9 Å². The van der Waals surface area contributed by atoms with Crippen LogP contribution in [0.5, 0.6) is 0 Å². The monoisotopic (exact) mass is 276 g/mol. The molecule has 106 valence electrons. The van der Waals surface area contributed by atoms with Crippen molar-refractivity contribution in [1.82, 2.24) is 0 Å². The molecule has 0 fully saturated rings. The SMILES string of the molecule is CCN(c1ccc(F)cc1)c1ccc(F)cc1[C@H](C)N. The molecule has 0 amide bonds. The first-order valence-electron chi connectivity index (χ1n) is 6.61. The molecular weight excluding hydrogens is 258 g/mol. The molecule has 2 aromatic carbocycles. The second kappa shape index (κ2) is 6.01. The highest BCUT2D eigenvalue weighted by atomic mass is 19.1. The Morgan fingerprint density at radius 1 is 1.05 bits per heavy atom. The van der Waals surface area contributed by atoms with E-state index in [-0.39, 0.29) is 17.7 Å². The molecule has 4 heteroatoms. The quantitative estimate of drug-likeness (QED) is 0.909. The molecule has 20 heavy (non-hydrogen) atoms. The van der Waals surface area contributed by atoms with Gasteiger partial charge in [-0.15, -0.1) is 0 Å². The zero-order valence-corrected chi connectivity index (χ0v) is 11.6. The minimum absolute atomic E-state index is 0.281. The van der Waals surface area contributed by atoms with E-state index in [0.29, 0.717) is 6.54 Å². The van der Waals surface area contributed by atoms with Gasteiger partial charge in [0.2, 0.25) is 0 Å². The van der Waals surface area contributed by atoms with Crippen LogP contribution < -0.4 is 10.6 Å². The number of nitrogens with zero attached hydrogens (tertiary/aromatic N) is 1. The summed E-state index contributed by atoms with van der Waals surface area (Å²) in [6.07, 6.45) is 0. The molecule has 0 spiro atoms. The number of hydrogen-bond donors (Lipinski definition) is 1. The zero-order chi connectivity index (χ0) is 14.7. The van der Waals surface area contributed by atoms with Crippen LogP contribution in [0, 0.1) is 11.6 Å². The Hall–Kier alpha value is -1.94. The van der Waals surface area contributed by atoms with Crippen molar-refractivity contribution in [2.45, 2.75) is 19.9 Å². The first-order valence-corrected chi connectivity index (χ1v) is 6.61. The summed E-state index contributed by atoms with van der Waals surface area (Å²) in [5.41, 5.74) is 8.35. The molecule has 0 bridgehead atoms. The molecule has 2 nitrogen and oxygen atoms in total. The second-order valence-corrected chi connectivity index (χ2v) is 4.71. The Morgan fingerprint density at radius 2 is 1.65 bits per heavy atom. The summed E-state index contributed by atoms with van der Waals surface area (Å²) in [6, 6.07) is 10.5. The lowest BCUT2D eigenvalue weighted by molar-refractivity contribution is 0.622. The van der Waals surface area contributed by atoms with Crippen LogP contribution in [-0.4, -0.2) is 6.54 Å². The lowest BCUT2D eigenvalue weighted by Crippen LogP contribution is -2.20. The van der Waals surface area contributed by atoms with E-state index < -0.39 is 0 Å². The van der Waals surface area contributed by atoms with Crippen molar-refractivity contribution in [2.75, 3.05) is 11.4 Å². The number of nitrogens with two attached hydrogens (primary N) is 1. The molecule has 0 unspecified atom stereocenters. The predicted molar refractivity (Wildman–Crippen MR) is 78.1 cm³/mol. The molecule has 0 aromatic heterocycles. The first kappa shape index (κ1) is 14.5. The Labute approximate surface area is 117 Å². The normalized spacial score (nSPS) is 12.2. The summed E-state index contributed by atoms with van der Waals surface area (Å²) in [4.78, 5) is 1.98. The fourth-order valence-corrected chi connectivity index (χ4v) is 2.25. The van der Waals surface area contributed by atoms with E-state index in [2.05, 4.69) is 0 Å². The summed E-state index contributed by atoms with van der Waals surface area (Å²) in [5.74, 6) is -0.590. The van der Waals surface area contributed by atoms with E-state index in [1.54, 1.807) is 18.2 Å². The van der Waals surface area contributed by atoms with E-state index >= 15 is 0 Å². The predicted octanol–water partition coefficient (Wildman–Crippen LogP) is 4.14. The zero-order valence-electron chi connectivity index (χ0n) is 11.6. The van der Waals surface area contributed by atoms with Gasteiger partial charge < -0.3 is 10.6 Å². The van der Waals surface area contributed by atoms with Crippen molar-refractivity contribution in [3.8, 4) is 0 Å². The highest BCUT2D eigenvalue weighted by Crippen LogP contribution is 2.31. The third-order valence-electron chi connectivity index (χ3n) is 3.23. The first-order chi connectivity index (χ1) is 9.52. The third-order valence-corrected chi connectivity index (χ3v) is 3.23. The average molecular weight is 276 g/mol. The number of rotatable bonds is 4. The molecule has 2 aromatic rings. The molecule has 0 aliphatic heterocycles. The summed E-state index contributed by atoms with van der Waals surface area (Å²) in [6.45, 7) is 4.48. The van der Waals surface area contributed by atoms with Gasteiger partial charge in [-0.3, -0.25) is 0 Å². The third kappa shape index (κ3) is 2.96. The largest absolute Gasteiger partial charge is 0.341 e. The van der Waals surface area contributed by atoms with E-state index in [1.165, 1.54) is 24.3 Å². The van der Waals surface area contributed by atoms with Gasteiger partial charge in [0, 0.05) is 24.0 Å². The maximum atomic E-state index is 13.4. The van der Waals surface area contributed by atoms with Crippen LogP contribution in [0.15, 0.2) is 42.5 Å². The summed E-state index contributed by atoms with van der Waals surface area (Å²) < 4.78 is 26.4. The van der Waals surface area contributed by atoms with E-state index in [9.17, 15) is 8.78 Å². The number of benzene rings is 2. The fraction of sp³-hybridized carbons (Fsp3) is 0.250. The lowest BCUT2D eigenvalue weighted by Gasteiger charge is -2.27. The highest BCUT2D eigenvalue weighted by molar-refractivity contribution is 5.67. The maximum Gasteiger partial charge on any atom is 0.123 e. The highest BCUT2D eigenvalue weighted by Gasteiger charge is 2.15. The van der Waals surface area contributed by atoms with Crippen LogP contribution in [0.1, 0.15) is 25.5 Å². The van der Waals surface area contributed by atoms with Gasteiger partial charge in [-0.1, -0.05) is 0 Å². The van der Waals surface area contributed by atoms with Gasteiger partial charge in [-0.25, -0.2) is 8.78 Å². The smallest absolute Gasteiger partial charge is 0.123 e. The average Bonchev–Trinajstić information content (AvgIpc) is 2.43. The molecule has 2 rings (SSSR count). The van der Waals surface area contributed by atoms with Crippen LogP contribution in [-0.2, 0) is 0 Å². The Morgan fingerprint density at radius 3 is 2.20 bits per heavy atom. The van der Waals surface area contributed by atoms with Crippen LogP contribution >= 0.6 is 0 Å². The Bertz CT molecular complexity index is 580. The molecule has 0 saturated heterocycles. The standard InChI is InChI=1S/C16H18F2N2/c1-3-20(14-7-4-12(17)5-8-14)16-9-6-13(18)10-15(16)11(2)19/h4-11H,3,19H2,1-2H3/t11-/m0/s1. The molecule has 0 heterocycles. The van der Waals surface area contributed by atoms with Crippen molar-refractivity contribution < 1.29 is 8.78 Å². The molecule has 2 N–H and O–H groups in total. The van der Waals surface area contributed by atoms with Crippen LogP contribution in [0.3, 0.4) is 0 Å². The molecule has 1 atom stereocenters. The molecule has 0 aliphatic rings. The summed E-state index contributed by atoms with van der Waals surface area (Å²) in [7, 11) is 0. The van der Waals surface area contributed by atoms with Crippen molar-refractivity contribution in [3.63, 3.8) is 0 Å². The van der Waals surface area contributed by atoms with Gasteiger partial charge in [0.25, 0.3) is 0 Å². The van der Waals surface area contributed by atoms with Crippen molar-refractivity contribution >= 4 is 11.4 Å². The minimum atomic E-state index is -0.309. The van der Waals surface area contributed by atoms with Crippen molar-refractivity contribution in [1.29, 1.82) is 0 Å². The minimum Gasteiger partial charge on any atom is -0.341 e. The van der Waals surface area contributed by atoms with Crippen molar-refractivity contribution in [3.05, 3.63) is 59.7 Å². The summed E-state index contributed by atoms with van der Waals surface area (Å²) >= 11 is 0. The van der Waals surface area contributed by atoms with Crippen LogP contribution in [0.2, 0.25) is 0 Å². The Kier molecular flexibility index (Phi) is 4.35. The molecule has 0 aliphatic carbocycles. The van der Waals surface area contributed by atoms with E-state index in [1.807, 2.05) is 18.7 Å². The van der Waals surface area contributed by atoms with Gasteiger partial charge >= 0.3 is 0 Å². The lowest BCUT2D eigenvalue weighted by atomic mass is 10.0. The Balaban J connectivity index is 2.49. The van der Waals surface area contributed by atoms with E-state index in [4.69, 9.17) is 5.73 Å². The topological polar surface area (TPSA) is 29.3 Å². The summed E-state index contributed by atoms with van der Waals surface area (Å²) in [5, 5.41) is 0. The number of anilines is 2. The number of hydrogen-bond acceptors (Lipinski definition) is 2. The van der Waals surface area contributed by atoms with Gasteiger partial charge in [0.05, 0.1) is 0 Å². The van der Waals surface area contributed by atoms with Gasteiger partial charge in [0.15, 0.2) is 0 Å².